The molecule has 0 unspecified atom stereocenters. The van der Waals surface area contributed by atoms with E-state index >= 15 is 0 Å². The van der Waals surface area contributed by atoms with Crippen molar-refractivity contribution in [1.29, 1.82) is 0 Å². The smallest absolute Gasteiger partial charge is 0.257 e. The zero-order chi connectivity index (χ0) is 7.84. The van der Waals surface area contributed by atoms with Crippen molar-refractivity contribution in [1.82, 2.24) is 0 Å². The summed E-state index contributed by atoms with van der Waals surface area (Å²) in [6.45, 7) is 0. The Balaban J connectivity index is 2.96. The Labute approximate surface area is 67.3 Å². The monoisotopic (exact) mass is 166 g/mol. The molecule has 0 bridgehead atoms. The number of hydrogen-bond donors (Lipinski definition) is 1. The number of nitrogens with two attached hydrogens (primary N) is 1. The van der Waals surface area contributed by atoms with Crippen LogP contribution in [0, 0.1) is 5.21 Å². The molecule has 3 nitrogen and oxygen atoms in total. The number of hydrogen-bond acceptors (Lipinski definition) is 3. The maximum Gasteiger partial charge on any atom is 0.257 e. The normalized spacial score (nSPS) is 10.5. The molecule has 0 aliphatic rings. The molecule has 2 aromatic rings. The van der Waals surface area contributed by atoms with E-state index in [1.54, 1.807) is 11.4 Å². The molecule has 56 valence electrons. The van der Waals surface area contributed by atoms with Crippen LogP contribution in [0.5, 0.6) is 0 Å². The number of fused-ring (bicyclic) bond motifs is 1. The molecule has 2 rings (SSSR count). The van der Waals surface area contributed by atoms with E-state index in [9.17, 15) is 5.21 Å². The van der Waals surface area contributed by atoms with Crippen LogP contribution in [0.3, 0.4) is 0 Å². The van der Waals surface area contributed by atoms with Crippen LogP contribution < -0.4 is 10.5 Å². The minimum absolute atomic E-state index is 0.556. The molecule has 0 amide bonds. The largest absolute Gasteiger partial charge is 0.618 e. The minimum atomic E-state index is 0.556. The van der Waals surface area contributed by atoms with Crippen LogP contribution in [-0.2, 0) is 0 Å². The second-order valence-corrected chi connectivity index (χ2v) is 3.15. The Kier molecular flexibility index (Phi) is 1.22. The van der Waals surface area contributed by atoms with E-state index in [0.717, 1.165) is 9.43 Å². The standard InChI is InChI=1S/C7H6N2OS/c8-5-4-11-6-2-1-3-9(10)7(5)6/h1-4H,8H2. The molecule has 0 spiro atoms. The van der Waals surface area contributed by atoms with Crippen LogP contribution in [0.2, 0.25) is 0 Å². The van der Waals surface area contributed by atoms with Gasteiger partial charge in [0.25, 0.3) is 5.52 Å². The van der Waals surface area contributed by atoms with Crippen LogP contribution in [-0.4, -0.2) is 0 Å². The lowest BCUT2D eigenvalue weighted by atomic mass is 10.4. The lowest BCUT2D eigenvalue weighted by Gasteiger charge is -1.95. The van der Waals surface area contributed by atoms with Crippen LogP contribution in [0.15, 0.2) is 23.7 Å². The van der Waals surface area contributed by atoms with Crippen molar-refractivity contribution < 1.29 is 4.73 Å². The van der Waals surface area contributed by atoms with E-state index < -0.39 is 0 Å². The molecular formula is C7H6N2OS. The molecule has 2 heterocycles. The van der Waals surface area contributed by atoms with Crippen molar-refractivity contribution >= 4 is 27.2 Å². The molecule has 0 aliphatic carbocycles. The van der Waals surface area contributed by atoms with Gasteiger partial charge in [-0.15, -0.1) is 11.3 Å². The summed E-state index contributed by atoms with van der Waals surface area (Å²) in [5.41, 5.74) is 6.70. The van der Waals surface area contributed by atoms with Gasteiger partial charge in [-0.1, -0.05) is 0 Å². The first-order valence-electron chi connectivity index (χ1n) is 3.14. The summed E-state index contributed by atoms with van der Waals surface area (Å²) in [4.78, 5) is 0. The third-order valence-corrected chi connectivity index (χ3v) is 2.46. The highest BCUT2D eigenvalue weighted by atomic mass is 32.1. The maximum absolute atomic E-state index is 11.1. The van der Waals surface area contributed by atoms with Crippen molar-refractivity contribution in [3.05, 3.63) is 28.9 Å². The number of rotatable bonds is 0. The van der Waals surface area contributed by atoms with Gasteiger partial charge in [0.15, 0.2) is 6.20 Å². The molecule has 11 heavy (non-hydrogen) atoms. The predicted octanol–water partition coefficient (Wildman–Crippen LogP) is 1.12. The van der Waals surface area contributed by atoms with Gasteiger partial charge in [-0.2, -0.15) is 4.73 Å². The van der Waals surface area contributed by atoms with Crippen LogP contribution in [0.25, 0.3) is 10.2 Å². The molecule has 2 aromatic heterocycles. The molecule has 0 aromatic carbocycles. The quantitative estimate of drug-likeness (QED) is 0.471. The Bertz CT molecular complexity index is 396. The van der Waals surface area contributed by atoms with Gasteiger partial charge in [0.1, 0.15) is 10.4 Å². The fourth-order valence-electron chi connectivity index (χ4n) is 1.02. The third-order valence-electron chi connectivity index (χ3n) is 1.51. The van der Waals surface area contributed by atoms with E-state index in [2.05, 4.69) is 0 Å². The van der Waals surface area contributed by atoms with Gasteiger partial charge in [-0.05, 0) is 6.07 Å². The highest BCUT2D eigenvalue weighted by Crippen LogP contribution is 2.23. The zero-order valence-electron chi connectivity index (χ0n) is 5.65. The molecule has 0 saturated carbocycles. The van der Waals surface area contributed by atoms with E-state index in [0.29, 0.717) is 11.2 Å². The first-order chi connectivity index (χ1) is 5.29. The van der Waals surface area contributed by atoms with Gasteiger partial charge < -0.3 is 10.9 Å². The summed E-state index contributed by atoms with van der Waals surface area (Å²) in [5.74, 6) is 0. The second kappa shape index (κ2) is 2.10. The Morgan fingerprint density at radius 2 is 2.36 bits per heavy atom. The number of nitrogen functional groups attached to an aromatic ring is 1. The molecule has 0 saturated heterocycles. The van der Waals surface area contributed by atoms with Crippen molar-refractivity contribution in [3.63, 3.8) is 0 Å². The number of pyridine rings is 1. The lowest BCUT2D eigenvalue weighted by molar-refractivity contribution is -0.576. The molecule has 0 aliphatic heterocycles. The summed E-state index contributed by atoms with van der Waals surface area (Å²) in [5, 5.41) is 12.9. The third kappa shape index (κ3) is 0.832. The molecular weight excluding hydrogens is 160 g/mol. The van der Waals surface area contributed by atoms with Gasteiger partial charge >= 0.3 is 0 Å². The average Bonchev–Trinajstić information content (AvgIpc) is 2.34. The van der Waals surface area contributed by atoms with Gasteiger partial charge in [0.2, 0.25) is 0 Å². The van der Waals surface area contributed by atoms with E-state index in [1.165, 1.54) is 17.5 Å². The number of anilines is 1. The van der Waals surface area contributed by atoms with Gasteiger partial charge in [-0.3, -0.25) is 0 Å². The van der Waals surface area contributed by atoms with Crippen LogP contribution >= 0.6 is 11.3 Å². The van der Waals surface area contributed by atoms with Gasteiger partial charge in [0, 0.05) is 11.4 Å². The zero-order valence-corrected chi connectivity index (χ0v) is 6.47. The molecule has 0 atom stereocenters. The summed E-state index contributed by atoms with van der Waals surface area (Å²) in [7, 11) is 0. The van der Waals surface area contributed by atoms with Crippen LogP contribution in [0.4, 0.5) is 5.69 Å². The Hall–Kier alpha value is -1.29. The Morgan fingerprint density at radius 3 is 3.09 bits per heavy atom. The predicted molar refractivity (Wildman–Crippen MR) is 45.2 cm³/mol. The maximum atomic E-state index is 11.1. The molecule has 2 N–H and O–H groups in total. The van der Waals surface area contributed by atoms with E-state index in [1.807, 2.05) is 6.07 Å². The highest BCUT2D eigenvalue weighted by Gasteiger charge is 2.08. The first-order valence-corrected chi connectivity index (χ1v) is 4.02. The van der Waals surface area contributed by atoms with Crippen molar-refractivity contribution in [2.45, 2.75) is 0 Å². The summed E-state index contributed by atoms with van der Waals surface area (Å²) >= 11 is 1.48. The fourth-order valence-corrected chi connectivity index (χ4v) is 1.86. The second-order valence-electron chi connectivity index (χ2n) is 2.24. The lowest BCUT2D eigenvalue weighted by Crippen LogP contribution is -2.25. The number of nitrogens with zero attached hydrogens (tertiary/aromatic N) is 1. The summed E-state index contributed by atoms with van der Waals surface area (Å²) in [6, 6.07) is 3.59. The summed E-state index contributed by atoms with van der Waals surface area (Å²) < 4.78 is 1.72. The molecule has 4 heteroatoms. The van der Waals surface area contributed by atoms with Crippen molar-refractivity contribution in [3.8, 4) is 0 Å². The van der Waals surface area contributed by atoms with E-state index in [-0.39, 0.29) is 0 Å². The summed E-state index contributed by atoms with van der Waals surface area (Å²) in [6.07, 6.45) is 1.45. The molecule has 0 fully saturated rings. The fraction of sp³-hybridized carbons (Fsp3) is 0. The average molecular weight is 166 g/mol. The van der Waals surface area contributed by atoms with E-state index in [4.69, 9.17) is 5.73 Å². The van der Waals surface area contributed by atoms with Crippen molar-refractivity contribution in [2.24, 2.45) is 0 Å². The molecule has 0 radical (unpaired) electrons. The van der Waals surface area contributed by atoms with Gasteiger partial charge in [-0.25, -0.2) is 0 Å². The number of aromatic nitrogens is 1. The SMILES string of the molecule is Nc1csc2ccc[n+]([O-])c12. The first kappa shape index (κ1) is 6.42. The van der Waals surface area contributed by atoms with Gasteiger partial charge in [0.05, 0.1) is 0 Å². The minimum Gasteiger partial charge on any atom is -0.618 e. The highest BCUT2D eigenvalue weighted by molar-refractivity contribution is 7.17. The van der Waals surface area contributed by atoms with Crippen LogP contribution in [0.1, 0.15) is 0 Å². The Morgan fingerprint density at radius 1 is 1.55 bits per heavy atom. The van der Waals surface area contributed by atoms with Crippen molar-refractivity contribution in [2.75, 3.05) is 5.73 Å². The number of thiophene rings is 1. The topological polar surface area (TPSA) is 53.0 Å².